The summed E-state index contributed by atoms with van der Waals surface area (Å²) in [7, 11) is 3.19. The number of benzene rings is 2. The molecule has 1 aliphatic heterocycles. The molecule has 4 heteroatoms. The highest BCUT2D eigenvalue weighted by molar-refractivity contribution is 5.55. The SMILES string of the molecule is COc1cc(C2Oc3c(OC)cc(C)cc3C2C)ccc1O. The number of hydrogen-bond acceptors (Lipinski definition) is 4. The molecule has 1 aliphatic rings. The minimum Gasteiger partial charge on any atom is -0.504 e. The van der Waals surface area contributed by atoms with Crippen molar-refractivity contribution in [3.8, 4) is 23.0 Å². The van der Waals surface area contributed by atoms with Crippen LogP contribution in [0.15, 0.2) is 30.3 Å². The number of methoxy groups -OCH3 is 2. The van der Waals surface area contributed by atoms with E-state index in [0.29, 0.717) is 5.75 Å². The standard InChI is InChI=1S/C18H20O4/c1-10-7-13-11(2)17(22-18(13)16(8-10)21-4)12-5-6-14(19)15(9-12)20-3/h5-9,11,17,19H,1-4H3. The fraction of sp³-hybridized carbons (Fsp3) is 0.333. The lowest BCUT2D eigenvalue weighted by atomic mass is 9.92. The summed E-state index contributed by atoms with van der Waals surface area (Å²) >= 11 is 0. The topological polar surface area (TPSA) is 47.9 Å². The second-order valence-electron chi connectivity index (χ2n) is 5.64. The van der Waals surface area contributed by atoms with Gasteiger partial charge in [-0.1, -0.05) is 19.1 Å². The van der Waals surface area contributed by atoms with Gasteiger partial charge < -0.3 is 19.3 Å². The van der Waals surface area contributed by atoms with Gasteiger partial charge in [-0.15, -0.1) is 0 Å². The lowest BCUT2D eigenvalue weighted by Gasteiger charge is -2.17. The molecule has 0 saturated carbocycles. The van der Waals surface area contributed by atoms with E-state index in [1.54, 1.807) is 20.3 Å². The molecule has 0 spiro atoms. The van der Waals surface area contributed by atoms with E-state index in [2.05, 4.69) is 13.0 Å². The molecule has 2 atom stereocenters. The van der Waals surface area contributed by atoms with Crippen LogP contribution in [0.4, 0.5) is 0 Å². The van der Waals surface area contributed by atoms with Gasteiger partial charge in [-0.2, -0.15) is 0 Å². The van der Waals surface area contributed by atoms with Gasteiger partial charge in [0.25, 0.3) is 0 Å². The summed E-state index contributed by atoms with van der Waals surface area (Å²) in [5, 5.41) is 9.75. The van der Waals surface area contributed by atoms with Gasteiger partial charge in [0.05, 0.1) is 14.2 Å². The van der Waals surface area contributed by atoms with Crippen LogP contribution in [0.3, 0.4) is 0 Å². The number of aromatic hydroxyl groups is 1. The summed E-state index contributed by atoms with van der Waals surface area (Å²) in [6, 6.07) is 9.44. The molecule has 0 amide bonds. The molecule has 0 aliphatic carbocycles. The summed E-state index contributed by atoms with van der Waals surface area (Å²) in [5.41, 5.74) is 3.27. The quantitative estimate of drug-likeness (QED) is 0.932. The molecule has 22 heavy (non-hydrogen) atoms. The van der Waals surface area contributed by atoms with Crippen molar-refractivity contribution >= 4 is 0 Å². The molecule has 116 valence electrons. The molecular weight excluding hydrogens is 280 g/mol. The zero-order valence-electron chi connectivity index (χ0n) is 13.2. The van der Waals surface area contributed by atoms with Crippen LogP contribution in [-0.4, -0.2) is 19.3 Å². The number of phenols is 1. The minimum atomic E-state index is -0.125. The van der Waals surface area contributed by atoms with Gasteiger partial charge in [0, 0.05) is 11.5 Å². The van der Waals surface area contributed by atoms with E-state index in [-0.39, 0.29) is 17.8 Å². The predicted molar refractivity (Wildman–Crippen MR) is 84.2 cm³/mol. The Balaban J connectivity index is 2.02. The first-order valence-corrected chi connectivity index (χ1v) is 7.27. The number of fused-ring (bicyclic) bond motifs is 1. The highest BCUT2D eigenvalue weighted by atomic mass is 16.5. The Bertz CT molecular complexity index is 708. The Hall–Kier alpha value is -2.36. The van der Waals surface area contributed by atoms with Crippen LogP contribution in [-0.2, 0) is 0 Å². The third-order valence-electron chi connectivity index (χ3n) is 4.17. The van der Waals surface area contributed by atoms with Crippen LogP contribution in [0.25, 0.3) is 0 Å². The van der Waals surface area contributed by atoms with Gasteiger partial charge in [-0.3, -0.25) is 0 Å². The third kappa shape index (κ3) is 2.25. The fourth-order valence-electron chi connectivity index (χ4n) is 3.00. The lowest BCUT2D eigenvalue weighted by molar-refractivity contribution is 0.207. The monoisotopic (exact) mass is 300 g/mol. The summed E-state index contributed by atoms with van der Waals surface area (Å²) in [5.74, 6) is 2.33. The molecule has 2 aromatic carbocycles. The van der Waals surface area contributed by atoms with Crippen LogP contribution in [0, 0.1) is 6.92 Å². The van der Waals surface area contributed by atoms with Crippen molar-refractivity contribution in [2.24, 2.45) is 0 Å². The van der Waals surface area contributed by atoms with Gasteiger partial charge in [0.15, 0.2) is 23.0 Å². The highest BCUT2D eigenvalue weighted by Gasteiger charge is 2.35. The van der Waals surface area contributed by atoms with E-state index in [1.807, 2.05) is 25.1 Å². The number of aryl methyl sites for hydroxylation is 1. The molecule has 1 heterocycles. The zero-order chi connectivity index (χ0) is 15.9. The van der Waals surface area contributed by atoms with Gasteiger partial charge in [-0.25, -0.2) is 0 Å². The molecular formula is C18H20O4. The number of rotatable bonds is 3. The van der Waals surface area contributed by atoms with E-state index in [4.69, 9.17) is 14.2 Å². The van der Waals surface area contributed by atoms with E-state index >= 15 is 0 Å². The van der Waals surface area contributed by atoms with Crippen molar-refractivity contribution < 1.29 is 19.3 Å². The van der Waals surface area contributed by atoms with E-state index in [9.17, 15) is 5.11 Å². The van der Waals surface area contributed by atoms with Gasteiger partial charge in [-0.05, 0) is 36.2 Å². The summed E-state index contributed by atoms with van der Waals surface area (Å²) < 4.78 is 16.8. The molecule has 0 radical (unpaired) electrons. The normalized spacial score (nSPS) is 19.5. The fourth-order valence-corrected chi connectivity index (χ4v) is 3.00. The predicted octanol–water partition coefficient (Wildman–Crippen LogP) is 3.96. The first-order chi connectivity index (χ1) is 10.5. The maximum absolute atomic E-state index is 9.75. The van der Waals surface area contributed by atoms with Crippen LogP contribution < -0.4 is 14.2 Å². The van der Waals surface area contributed by atoms with E-state index in [1.165, 1.54) is 0 Å². The second kappa shape index (κ2) is 5.44. The Morgan fingerprint density at radius 1 is 1.05 bits per heavy atom. The molecule has 0 bridgehead atoms. The number of ether oxygens (including phenoxy) is 3. The largest absolute Gasteiger partial charge is 0.504 e. The van der Waals surface area contributed by atoms with Crippen LogP contribution in [0.2, 0.25) is 0 Å². The maximum atomic E-state index is 9.75. The molecule has 0 saturated heterocycles. The summed E-state index contributed by atoms with van der Waals surface area (Å²) in [6.07, 6.45) is -0.125. The van der Waals surface area contributed by atoms with Crippen molar-refractivity contribution in [3.05, 3.63) is 47.0 Å². The Kier molecular flexibility index (Phi) is 3.61. The van der Waals surface area contributed by atoms with Gasteiger partial charge in [0.2, 0.25) is 0 Å². The average Bonchev–Trinajstić information content (AvgIpc) is 2.84. The van der Waals surface area contributed by atoms with E-state index < -0.39 is 0 Å². The van der Waals surface area contributed by atoms with E-state index in [0.717, 1.165) is 28.2 Å². The van der Waals surface area contributed by atoms with Crippen molar-refractivity contribution in [1.82, 2.24) is 0 Å². The average molecular weight is 300 g/mol. The van der Waals surface area contributed by atoms with Crippen LogP contribution in [0.1, 0.15) is 35.6 Å². The van der Waals surface area contributed by atoms with Crippen LogP contribution in [0.5, 0.6) is 23.0 Å². The summed E-state index contributed by atoms with van der Waals surface area (Å²) in [4.78, 5) is 0. The summed E-state index contributed by atoms with van der Waals surface area (Å²) in [6.45, 7) is 4.18. The molecule has 3 rings (SSSR count). The van der Waals surface area contributed by atoms with Crippen molar-refractivity contribution in [1.29, 1.82) is 0 Å². The molecule has 1 N–H and O–H groups in total. The Morgan fingerprint density at radius 2 is 1.77 bits per heavy atom. The number of phenolic OH excluding ortho intramolecular Hbond substituents is 1. The van der Waals surface area contributed by atoms with Crippen molar-refractivity contribution in [3.63, 3.8) is 0 Å². The Morgan fingerprint density at radius 3 is 2.45 bits per heavy atom. The molecule has 2 aromatic rings. The lowest BCUT2D eigenvalue weighted by Crippen LogP contribution is -2.07. The Labute approximate surface area is 130 Å². The molecule has 0 fully saturated rings. The maximum Gasteiger partial charge on any atom is 0.165 e. The smallest absolute Gasteiger partial charge is 0.165 e. The second-order valence-corrected chi connectivity index (χ2v) is 5.64. The van der Waals surface area contributed by atoms with Gasteiger partial charge >= 0.3 is 0 Å². The molecule has 4 nitrogen and oxygen atoms in total. The molecule has 0 aromatic heterocycles. The van der Waals surface area contributed by atoms with Crippen molar-refractivity contribution in [2.75, 3.05) is 14.2 Å². The zero-order valence-corrected chi connectivity index (χ0v) is 13.2. The molecule has 2 unspecified atom stereocenters. The number of hydrogen-bond donors (Lipinski definition) is 1. The first-order valence-electron chi connectivity index (χ1n) is 7.27. The third-order valence-corrected chi connectivity index (χ3v) is 4.17. The minimum absolute atomic E-state index is 0.125. The van der Waals surface area contributed by atoms with Crippen molar-refractivity contribution in [2.45, 2.75) is 25.9 Å². The van der Waals surface area contributed by atoms with Crippen LogP contribution >= 0.6 is 0 Å². The first kappa shape index (κ1) is 14.6. The highest BCUT2D eigenvalue weighted by Crippen LogP contribution is 2.51. The van der Waals surface area contributed by atoms with Gasteiger partial charge in [0.1, 0.15) is 6.10 Å².